The second-order valence-corrected chi connectivity index (χ2v) is 4.40. The lowest BCUT2D eigenvalue weighted by Crippen LogP contribution is -2.21. The average molecular weight is 235 g/mol. The van der Waals surface area contributed by atoms with Gasteiger partial charge in [0, 0.05) is 18.9 Å². The zero-order valence-electron chi connectivity index (χ0n) is 10.1. The fourth-order valence-corrected chi connectivity index (χ4v) is 1.88. The van der Waals surface area contributed by atoms with Crippen LogP contribution in [0.4, 0.5) is 0 Å². The van der Waals surface area contributed by atoms with Crippen LogP contribution in [0.25, 0.3) is 5.52 Å². The van der Waals surface area contributed by atoms with Crippen molar-refractivity contribution in [1.82, 2.24) is 14.2 Å². The monoisotopic (exact) mass is 235 g/mol. The number of hydrogen-bond donors (Lipinski definition) is 1. The van der Waals surface area contributed by atoms with Crippen LogP contribution in [-0.2, 0) is 6.54 Å². The Kier molecular flexibility index (Phi) is 3.28. The van der Waals surface area contributed by atoms with E-state index in [-0.39, 0.29) is 11.7 Å². The summed E-state index contributed by atoms with van der Waals surface area (Å²) in [6.45, 7) is 4.25. The number of rotatable bonds is 4. The Morgan fingerprint density at radius 3 is 2.94 bits per heavy atom. The van der Waals surface area contributed by atoms with E-state index in [1.807, 2.05) is 6.92 Å². The van der Waals surface area contributed by atoms with Gasteiger partial charge in [-0.1, -0.05) is 0 Å². The van der Waals surface area contributed by atoms with Gasteiger partial charge in [-0.25, -0.2) is 4.52 Å². The molecule has 1 unspecified atom stereocenters. The van der Waals surface area contributed by atoms with Crippen LogP contribution < -0.4 is 5.56 Å². The predicted octanol–water partition coefficient (Wildman–Crippen LogP) is 0.965. The SMILES string of the molecule is Cc1cc2c(=O)n(CCCC(C)O)ccn2n1. The minimum absolute atomic E-state index is 0.0290. The Balaban J connectivity index is 2.23. The number of nitrogens with zero attached hydrogens (tertiary/aromatic N) is 3. The molecule has 92 valence electrons. The summed E-state index contributed by atoms with van der Waals surface area (Å²) in [5.41, 5.74) is 1.41. The largest absolute Gasteiger partial charge is 0.393 e. The predicted molar refractivity (Wildman–Crippen MR) is 65.1 cm³/mol. The minimum Gasteiger partial charge on any atom is -0.393 e. The third kappa shape index (κ3) is 2.55. The summed E-state index contributed by atoms with van der Waals surface area (Å²) < 4.78 is 3.27. The van der Waals surface area contributed by atoms with E-state index in [9.17, 15) is 9.90 Å². The molecular weight excluding hydrogens is 218 g/mol. The van der Waals surface area contributed by atoms with Crippen molar-refractivity contribution in [3.8, 4) is 0 Å². The highest BCUT2D eigenvalue weighted by Gasteiger charge is 2.05. The molecule has 17 heavy (non-hydrogen) atoms. The van der Waals surface area contributed by atoms with Crippen molar-refractivity contribution in [2.75, 3.05) is 0 Å². The van der Waals surface area contributed by atoms with Gasteiger partial charge in [-0.05, 0) is 32.8 Å². The molecule has 5 heteroatoms. The second-order valence-electron chi connectivity index (χ2n) is 4.40. The molecule has 0 aromatic carbocycles. The Labute approximate surface area is 99.3 Å². The van der Waals surface area contributed by atoms with E-state index in [2.05, 4.69) is 5.10 Å². The Bertz CT molecular complexity index is 569. The lowest BCUT2D eigenvalue weighted by atomic mass is 10.2. The van der Waals surface area contributed by atoms with E-state index in [1.165, 1.54) is 0 Å². The third-order valence-corrected chi connectivity index (χ3v) is 2.75. The first-order valence-corrected chi connectivity index (χ1v) is 5.81. The first kappa shape index (κ1) is 11.9. The van der Waals surface area contributed by atoms with E-state index >= 15 is 0 Å². The van der Waals surface area contributed by atoms with Gasteiger partial charge in [0.1, 0.15) is 5.52 Å². The number of aliphatic hydroxyl groups is 1. The molecule has 1 atom stereocenters. The highest BCUT2D eigenvalue weighted by molar-refractivity contribution is 5.44. The van der Waals surface area contributed by atoms with Gasteiger partial charge in [-0.2, -0.15) is 5.10 Å². The van der Waals surface area contributed by atoms with Gasteiger partial charge in [-0.15, -0.1) is 0 Å². The van der Waals surface area contributed by atoms with Gasteiger partial charge in [0.15, 0.2) is 0 Å². The van der Waals surface area contributed by atoms with Crippen molar-refractivity contribution in [2.45, 2.75) is 39.3 Å². The lowest BCUT2D eigenvalue weighted by molar-refractivity contribution is 0.179. The van der Waals surface area contributed by atoms with Gasteiger partial charge >= 0.3 is 0 Å². The Morgan fingerprint density at radius 1 is 1.47 bits per heavy atom. The van der Waals surface area contributed by atoms with Gasteiger partial charge in [0.05, 0.1) is 11.8 Å². The molecule has 2 rings (SSSR count). The average Bonchev–Trinajstić information content (AvgIpc) is 2.63. The standard InChI is InChI=1S/C12H17N3O2/c1-9-8-11-12(17)14(5-3-4-10(2)16)6-7-15(11)13-9/h6-8,10,16H,3-5H2,1-2H3. The highest BCUT2D eigenvalue weighted by Crippen LogP contribution is 2.02. The molecule has 0 aliphatic rings. The van der Waals surface area contributed by atoms with Gasteiger partial charge in [-0.3, -0.25) is 4.79 Å². The molecule has 2 aromatic heterocycles. The summed E-state index contributed by atoms with van der Waals surface area (Å²) in [4.78, 5) is 12.1. The molecule has 0 radical (unpaired) electrons. The van der Waals surface area contributed by atoms with Crippen LogP contribution >= 0.6 is 0 Å². The number of aryl methyl sites for hydroxylation is 2. The van der Waals surface area contributed by atoms with Crippen LogP contribution in [0.2, 0.25) is 0 Å². The molecule has 0 saturated carbocycles. The van der Waals surface area contributed by atoms with E-state index in [4.69, 9.17) is 0 Å². The highest BCUT2D eigenvalue weighted by atomic mass is 16.3. The summed E-state index contributed by atoms with van der Waals surface area (Å²) in [5.74, 6) is 0. The molecule has 0 spiro atoms. The van der Waals surface area contributed by atoms with Crippen LogP contribution in [0.1, 0.15) is 25.5 Å². The topological polar surface area (TPSA) is 59.5 Å². The van der Waals surface area contributed by atoms with E-state index in [0.717, 1.165) is 12.1 Å². The number of aliphatic hydroxyl groups excluding tert-OH is 1. The molecule has 0 bridgehead atoms. The normalized spacial score (nSPS) is 13.1. The molecule has 0 amide bonds. The Morgan fingerprint density at radius 2 is 2.24 bits per heavy atom. The summed E-state index contributed by atoms with van der Waals surface area (Å²) in [7, 11) is 0. The molecule has 5 nitrogen and oxygen atoms in total. The summed E-state index contributed by atoms with van der Waals surface area (Å²) in [6, 6.07) is 1.79. The summed E-state index contributed by atoms with van der Waals surface area (Å²) >= 11 is 0. The van der Waals surface area contributed by atoms with E-state index in [1.54, 1.807) is 34.5 Å². The quantitative estimate of drug-likeness (QED) is 0.858. The maximum absolute atomic E-state index is 12.1. The zero-order chi connectivity index (χ0) is 12.4. The molecule has 2 aromatic rings. The lowest BCUT2D eigenvalue weighted by Gasteiger charge is -2.07. The van der Waals surface area contributed by atoms with Crippen LogP contribution in [0, 0.1) is 6.92 Å². The molecule has 0 aliphatic heterocycles. The smallest absolute Gasteiger partial charge is 0.276 e. The van der Waals surface area contributed by atoms with Crippen molar-refractivity contribution in [1.29, 1.82) is 0 Å². The van der Waals surface area contributed by atoms with Crippen LogP contribution in [0.15, 0.2) is 23.3 Å². The van der Waals surface area contributed by atoms with Crippen LogP contribution in [0.5, 0.6) is 0 Å². The number of fused-ring (bicyclic) bond motifs is 1. The van der Waals surface area contributed by atoms with Crippen LogP contribution in [0.3, 0.4) is 0 Å². The molecule has 0 fully saturated rings. The summed E-state index contributed by atoms with van der Waals surface area (Å²) in [5, 5.41) is 13.4. The molecular formula is C12H17N3O2. The Hall–Kier alpha value is -1.62. The van der Waals surface area contributed by atoms with Crippen molar-refractivity contribution in [3.05, 3.63) is 34.5 Å². The molecule has 0 saturated heterocycles. The zero-order valence-corrected chi connectivity index (χ0v) is 10.1. The van der Waals surface area contributed by atoms with Crippen molar-refractivity contribution < 1.29 is 5.11 Å². The molecule has 1 N–H and O–H groups in total. The van der Waals surface area contributed by atoms with E-state index < -0.39 is 0 Å². The second kappa shape index (κ2) is 4.71. The first-order chi connectivity index (χ1) is 8.08. The fourth-order valence-electron chi connectivity index (χ4n) is 1.88. The van der Waals surface area contributed by atoms with Gasteiger partial charge < -0.3 is 9.67 Å². The minimum atomic E-state index is -0.313. The number of aromatic nitrogens is 3. The van der Waals surface area contributed by atoms with Crippen molar-refractivity contribution >= 4 is 5.52 Å². The third-order valence-electron chi connectivity index (χ3n) is 2.75. The van der Waals surface area contributed by atoms with Gasteiger partial charge in [0.2, 0.25) is 0 Å². The maximum Gasteiger partial charge on any atom is 0.276 e. The van der Waals surface area contributed by atoms with Crippen molar-refractivity contribution in [3.63, 3.8) is 0 Å². The van der Waals surface area contributed by atoms with Crippen molar-refractivity contribution in [2.24, 2.45) is 0 Å². The fraction of sp³-hybridized carbons (Fsp3) is 0.500. The van der Waals surface area contributed by atoms with E-state index in [0.29, 0.717) is 18.5 Å². The maximum atomic E-state index is 12.1. The first-order valence-electron chi connectivity index (χ1n) is 5.81. The number of hydrogen-bond acceptors (Lipinski definition) is 3. The van der Waals surface area contributed by atoms with Gasteiger partial charge in [0.25, 0.3) is 5.56 Å². The summed E-state index contributed by atoms with van der Waals surface area (Å²) in [6.07, 6.45) is 4.71. The molecule has 2 heterocycles. The van der Waals surface area contributed by atoms with Crippen LogP contribution in [-0.4, -0.2) is 25.4 Å². The molecule has 0 aliphatic carbocycles.